The molecule has 0 bridgehead atoms. The molecule has 15 heavy (non-hydrogen) atoms. The first-order valence-electron chi connectivity index (χ1n) is 4.68. The third-order valence-electron chi connectivity index (χ3n) is 1.95. The molecule has 0 heterocycles. The molecule has 3 nitrogen and oxygen atoms in total. The minimum atomic E-state index is -0.103. The van der Waals surface area contributed by atoms with Crippen molar-refractivity contribution in [3.8, 4) is 5.75 Å². The molecule has 0 atom stereocenters. The molecule has 0 fully saturated rings. The van der Waals surface area contributed by atoms with E-state index in [1.54, 1.807) is 7.11 Å². The highest BCUT2D eigenvalue weighted by Gasteiger charge is 2.06. The number of hydrogen-bond acceptors (Lipinski definition) is 2. The molecule has 0 aliphatic heterocycles. The minimum Gasteiger partial charge on any atom is -0.495 e. The number of halogens is 1. The fourth-order valence-electron chi connectivity index (χ4n) is 1.22. The van der Waals surface area contributed by atoms with Gasteiger partial charge in [-0.3, -0.25) is 4.79 Å². The number of benzene rings is 1. The van der Waals surface area contributed by atoms with Gasteiger partial charge in [-0.25, -0.2) is 0 Å². The maximum absolute atomic E-state index is 11.3. The molecule has 0 spiro atoms. The summed E-state index contributed by atoms with van der Waals surface area (Å²) in [7, 11) is 1.57. The Morgan fingerprint density at radius 3 is 2.87 bits per heavy atom. The van der Waals surface area contributed by atoms with Crippen LogP contribution in [0.15, 0.2) is 18.2 Å². The van der Waals surface area contributed by atoms with Crippen LogP contribution in [-0.4, -0.2) is 18.9 Å². The predicted molar refractivity (Wildman–Crippen MR) is 61.7 cm³/mol. The molecule has 0 saturated carbocycles. The van der Waals surface area contributed by atoms with Crippen molar-refractivity contribution in [2.45, 2.75) is 13.3 Å². The summed E-state index contributed by atoms with van der Waals surface area (Å²) in [5, 5.41) is 2.75. The number of methoxy groups -OCH3 is 1. The molecule has 1 aromatic carbocycles. The van der Waals surface area contributed by atoms with Crippen molar-refractivity contribution in [1.82, 2.24) is 0 Å². The first kappa shape index (κ1) is 11.9. The van der Waals surface area contributed by atoms with Crippen LogP contribution in [0.4, 0.5) is 5.69 Å². The van der Waals surface area contributed by atoms with Gasteiger partial charge in [-0.1, -0.05) is 6.07 Å². The molecule has 1 aromatic rings. The highest BCUT2D eigenvalue weighted by molar-refractivity contribution is 6.19. The molecule has 0 saturated heterocycles. The van der Waals surface area contributed by atoms with E-state index in [2.05, 4.69) is 5.32 Å². The van der Waals surface area contributed by atoms with Crippen LogP contribution in [0.25, 0.3) is 0 Å². The fraction of sp³-hybridized carbons (Fsp3) is 0.364. The van der Waals surface area contributed by atoms with Crippen molar-refractivity contribution < 1.29 is 9.53 Å². The Morgan fingerprint density at radius 2 is 2.27 bits per heavy atom. The number of anilines is 1. The molecule has 0 aliphatic carbocycles. The molecule has 1 N–H and O–H groups in total. The average molecular weight is 228 g/mol. The van der Waals surface area contributed by atoms with E-state index in [0.717, 1.165) is 5.56 Å². The molecular weight excluding hydrogens is 214 g/mol. The summed E-state index contributed by atoms with van der Waals surface area (Å²) in [6.07, 6.45) is 0.304. The van der Waals surface area contributed by atoms with Gasteiger partial charge in [0.25, 0.3) is 0 Å². The van der Waals surface area contributed by atoms with E-state index in [-0.39, 0.29) is 5.91 Å². The molecule has 0 radical (unpaired) electrons. The van der Waals surface area contributed by atoms with Crippen molar-refractivity contribution in [2.75, 3.05) is 18.3 Å². The Hall–Kier alpha value is -1.22. The van der Waals surface area contributed by atoms with Crippen LogP contribution < -0.4 is 10.1 Å². The zero-order valence-corrected chi connectivity index (χ0v) is 9.60. The predicted octanol–water partition coefficient (Wildman–Crippen LogP) is 2.57. The van der Waals surface area contributed by atoms with Gasteiger partial charge < -0.3 is 10.1 Å². The summed E-state index contributed by atoms with van der Waals surface area (Å²) in [4.78, 5) is 11.3. The smallest absolute Gasteiger partial charge is 0.225 e. The van der Waals surface area contributed by atoms with Gasteiger partial charge in [0, 0.05) is 12.3 Å². The summed E-state index contributed by atoms with van der Waals surface area (Å²) < 4.78 is 5.13. The summed E-state index contributed by atoms with van der Waals surface area (Å²) in [6.45, 7) is 1.96. The van der Waals surface area contributed by atoms with E-state index >= 15 is 0 Å². The lowest BCUT2D eigenvalue weighted by molar-refractivity contribution is -0.115. The van der Waals surface area contributed by atoms with E-state index in [9.17, 15) is 4.79 Å². The lowest BCUT2D eigenvalue weighted by Crippen LogP contribution is -2.12. The Morgan fingerprint density at radius 1 is 1.53 bits per heavy atom. The lowest BCUT2D eigenvalue weighted by atomic mass is 10.2. The second kappa shape index (κ2) is 5.61. The third kappa shape index (κ3) is 3.44. The van der Waals surface area contributed by atoms with E-state index < -0.39 is 0 Å². The Labute approximate surface area is 94.4 Å². The molecule has 1 rings (SSSR count). The van der Waals surface area contributed by atoms with Crippen LogP contribution in [0.2, 0.25) is 0 Å². The first-order chi connectivity index (χ1) is 7.17. The van der Waals surface area contributed by atoms with Crippen LogP contribution in [0.1, 0.15) is 12.0 Å². The van der Waals surface area contributed by atoms with Crippen molar-refractivity contribution in [2.24, 2.45) is 0 Å². The standard InChI is InChI=1S/C11H14ClNO2/c1-8-3-4-10(15-2)9(7-8)13-11(14)5-6-12/h3-4,7H,5-6H2,1-2H3,(H,13,14). The number of hydrogen-bond donors (Lipinski definition) is 1. The Balaban J connectivity index is 2.82. The number of carbonyl (C=O) groups is 1. The number of rotatable bonds is 4. The summed E-state index contributed by atoms with van der Waals surface area (Å²) in [5.74, 6) is 0.873. The second-order valence-corrected chi connectivity index (χ2v) is 3.57. The number of nitrogens with one attached hydrogen (secondary N) is 1. The zero-order chi connectivity index (χ0) is 11.3. The van der Waals surface area contributed by atoms with E-state index in [1.165, 1.54) is 0 Å². The van der Waals surface area contributed by atoms with Crippen LogP contribution in [0.5, 0.6) is 5.75 Å². The number of aryl methyl sites for hydroxylation is 1. The maximum Gasteiger partial charge on any atom is 0.225 e. The number of carbonyl (C=O) groups excluding carboxylic acids is 1. The molecule has 0 unspecified atom stereocenters. The summed E-state index contributed by atoms with van der Waals surface area (Å²) in [5.41, 5.74) is 1.75. The SMILES string of the molecule is COc1ccc(C)cc1NC(=O)CCCl. The van der Waals surface area contributed by atoms with Gasteiger partial charge in [0.1, 0.15) is 5.75 Å². The largest absolute Gasteiger partial charge is 0.495 e. The lowest BCUT2D eigenvalue weighted by Gasteiger charge is -2.10. The van der Waals surface area contributed by atoms with Crippen LogP contribution >= 0.6 is 11.6 Å². The van der Waals surface area contributed by atoms with Gasteiger partial charge in [-0.15, -0.1) is 11.6 Å². The zero-order valence-electron chi connectivity index (χ0n) is 8.84. The quantitative estimate of drug-likeness (QED) is 0.803. The monoisotopic (exact) mass is 227 g/mol. The first-order valence-corrected chi connectivity index (χ1v) is 5.21. The Kier molecular flexibility index (Phi) is 4.43. The van der Waals surface area contributed by atoms with Crippen molar-refractivity contribution in [3.63, 3.8) is 0 Å². The van der Waals surface area contributed by atoms with Gasteiger partial charge in [-0.2, -0.15) is 0 Å². The fourth-order valence-corrected chi connectivity index (χ4v) is 1.39. The van der Waals surface area contributed by atoms with E-state index in [1.807, 2.05) is 25.1 Å². The number of alkyl halides is 1. The van der Waals surface area contributed by atoms with Crippen LogP contribution in [0, 0.1) is 6.92 Å². The number of ether oxygens (including phenoxy) is 1. The van der Waals surface area contributed by atoms with Gasteiger partial charge >= 0.3 is 0 Å². The van der Waals surface area contributed by atoms with Crippen molar-refractivity contribution >= 4 is 23.2 Å². The molecule has 0 aromatic heterocycles. The molecule has 0 aliphatic rings. The normalized spacial score (nSPS) is 9.80. The average Bonchev–Trinajstić information content (AvgIpc) is 2.18. The third-order valence-corrected chi connectivity index (χ3v) is 2.14. The number of amides is 1. The highest BCUT2D eigenvalue weighted by atomic mass is 35.5. The van der Waals surface area contributed by atoms with Gasteiger partial charge in [0.15, 0.2) is 0 Å². The van der Waals surface area contributed by atoms with E-state index in [0.29, 0.717) is 23.7 Å². The van der Waals surface area contributed by atoms with Crippen LogP contribution in [-0.2, 0) is 4.79 Å². The highest BCUT2D eigenvalue weighted by Crippen LogP contribution is 2.25. The summed E-state index contributed by atoms with van der Waals surface area (Å²) >= 11 is 5.48. The molecule has 1 amide bonds. The molecule has 82 valence electrons. The topological polar surface area (TPSA) is 38.3 Å². The van der Waals surface area contributed by atoms with Gasteiger partial charge in [0.05, 0.1) is 12.8 Å². The van der Waals surface area contributed by atoms with Gasteiger partial charge in [0.2, 0.25) is 5.91 Å². The molecular formula is C11H14ClNO2. The van der Waals surface area contributed by atoms with E-state index in [4.69, 9.17) is 16.3 Å². The summed E-state index contributed by atoms with van der Waals surface area (Å²) in [6, 6.07) is 5.62. The Bertz CT molecular complexity index is 352. The minimum absolute atomic E-state index is 0.103. The molecule has 4 heteroatoms. The van der Waals surface area contributed by atoms with Crippen molar-refractivity contribution in [1.29, 1.82) is 0 Å². The van der Waals surface area contributed by atoms with Crippen molar-refractivity contribution in [3.05, 3.63) is 23.8 Å². The van der Waals surface area contributed by atoms with Crippen LogP contribution in [0.3, 0.4) is 0 Å². The van der Waals surface area contributed by atoms with Gasteiger partial charge in [-0.05, 0) is 24.6 Å². The second-order valence-electron chi connectivity index (χ2n) is 3.19. The maximum atomic E-state index is 11.3.